The van der Waals surface area contributed by atoms with E-state index in [2.05, 4.69) is 11.6 Å². The summed E-state index contributed by atoms with van der Waals surface area (Å²) in [6, 6.07) is 3.13. The molecule has 2 N–H and O–H groups in total. The number of unbranched alkanes of at least 4 members (excludes halogenated alkanes) is 1. The Hall–Kier alpha value is -0.470. The predicted octanol–water partition coefficient (Wildman–Crippen LogP) is 1.73. The maximum absolute atomic E-state index is 11.9. The van der Waals surface area contributed by atoms with Crippen LogP contribution in [0, 0.1) is 0 Å². The van der Waals surface area contributed by atoms with Gasteiger partial charge in [-0.1, -0.05) is 13.3 Å². The van der Waals surface area contributed by atoms with E-state index in [-0.39, 0.29) is 10.8 Å². The Morgan fingerprint density at radius 2 is 2.05 bits per heavy atom. The van der Waals surface area contributed by atoms with Crippen LogP contribution in [0.1, 0.15) is 31.1 Å². The van der Waals surface area contributed by atoms with Crippen molar-refractivity contribution in [2.45, 2.75) is 37.0 Å². The molecule has 19 heavy (non-hydrogen) atoms. The highest BCUT2D eigenvalue weighted by Gasteiger charge is 2.15. The van der Waals surface area contributed by atoms with E-state index in [1.165, 1.54) is 6.07 Å². The first-order chi connectivity index (χ1) is 9.10. The van der Waals surface area contributed by atoms with Crippen LogP contribution < -0.4 is 4.72 Å². The number of nitrogens with one attached hydrogen (secondary N) is 1. The largest absolute Gasteiger partial charge is 0.391 e. The summed E-state index contributed by atoms with van der Waals surface area (Å²) in [6.45, 7) is 3.62. The maximum Gasteiger partial charge on any atom is 0.250 e. The Labute approximate surface area is 118 Å². The molecule has 0 atom stereocenters. The maximum atomic E-state index is 11.9. The lowest BCUT2D eigenvalue weighted by atomic mass is 10.4. The first-order valence-electron chi connectivity index (χ1n) is 6.37. The number of aliphatic hydroxyl groups excluding tert-OH is 1. The molecule has 0 spiro atoms. The molecule has 0 amide bonds. The van der Waals surface area contributed by atoms with Gasteiger partial charge in [-0.25, -0.2) is 13.1 Å². The normalized spacial score (nSPS) is 11.9. The van der Waals surface area contributed by atoms with Gasteiger partial charge in [-0.05, 0) is 25.0 Å². The van der Waals surface area contributed by atoms with E-state index < -0.39 is 10.0 Å². The number of rotatable bonds is 10. The standard InChI is InChI=1S/C12H21NO4S2/c1-2-3-8-17-9-4-7-13-19(15,16)12-6-5-11(10-14)18-12/h5-6,13-14H,2-4,7-10H2,1H3. The van der Waals surface area contributed by atoms with Gasteiger partial charge in [-0.2, -0.15) is 0 Å². The third kappa shape index (κ3) is 6.01. The van der Waals surface area contributed by atoms with Crippen molar-refractivity contribution in [1.29, 1.82) is 0 Å². The van der Waals surface area contributed by atoms with E-state index in [0.29, 0.717) is 24.4 Å². The van der Waals surface area contributed by atoms with Crippen molar-refractivity contribution in [2.24, 2.45) is 0 Å². The summed E-state index contributed by atoms with van der Waals surface area (Å²) in [5.41, 5.74) is 0. The highest BCUT2D eigenvalue weighted by molar-refractivity contribution is 7.91. The molecule has 0 saturated carbocycles. The molecule has 7 heteroatoms. The zero-order valence-electron chi connectivity index (χ0n) is 11.1. The predicted molar refractivity (Wildman–Crippen MR) is 75.8 cm³/mol. The highest BCUT2D eigenvalue weighted by Crippen LogP contribution is 2.21. The number of ether oxygens (including phenoxy) is 1. The molecule has 1 rings (SSSR count). The van der Waals surface area contributed by atoms with Gasteiger partial charge in [-0.15, -0.1) is 11.3 Å². The van der Waals surface area contributed by atoms with Gasteiger partial charge in [0.15, 0.2) is 0 Å². The number of hydrogen-bond donors (Lipinski definition) is 2. The minimum atomic E-state index is -3.45. The molecular formula is C12H21NO4S2. The zero-order valence-corrected chi connectivity index (χ0v) is 12.7. The van der Waals surface area contributed by atoms with Gasteiger partial charge >= 0.3 is 0 Å². The fraction of sp³-hybridized carbons (Fsp3) is 0.667. The molecule has 0 aliphatic rings. The molecular weight excluding hydrogens is 286 g/mol. The lowest BCUT2D eigenvalue weighted by molar-refractivity contribution is 0.130. The van der Waals surface area contributed by atoms with E-state index >= 15 is 0 Å². The molecule has 1 aromatic heterocycles. The minimum absolute atomic E-state index is 0.133. The van der Waals surface area contributed by atoms with Gasteiger partial charge in [-0.3, -0.25) is 0 Å². The van der Waals surface area contributed by atoms with Crippen LogP contribution in [0.4, 0.5) is 0 Å². The summed E-state index contributed by atoms with van der Waals surface area (Å²) in [5, 5.41) is 8.91. The van der Waals surface area contributed by atoms with Crippen LogP contribution in [0.2, 0.25) is 0 Å². The van der Waals surface area contributed by atoms with Crippen LogP contribution in [-0.4, -0.2) is 33.3 Å². The van der Waals surface area contributed by atoms with Crippen LogP contribution in [-0.2, 0) is 21.4 Å². The Balaban J connectivity index is 2.27. The summed E-state index contributed by atoms with van der Waals surface area (Å²) in [6.07, 6.45) is 2.78. The lowest BCUT2D eigenvalue weighted by Gasteiger charge is -2.05. The molecule has 0 saturated heterocycles. The molecule has 0 bridgehead atoms. The number of thiophene rings is 1. The zero-order chi connectivity index (χ0) is 14.1. The fourth-order valence-corrected chi connectivity index (χ4v) is 3.72. The topological polar surface area (TPSA) is 75.6 Å². The van der Waals surface area contributed by atoms with E-state index in [0.717, 1.165) is 30.8 Å². The van der Waals surface area contributed by atoms with Crippen LogP contribution in [0.3, 0.4) is 0 Å². The summed E-state index contributed by atoms with van der Waals surface area (Å²) in [4.78, 5) is 0.642. The fourth-order valence-electron chi connectivity index (χ4n) is 1.39. The van der Waals surface area contributed by atoms with E-state index in [4.69, 9.17) is 9.84 Å². The quantitative estimate of drug-likeness (QED) is 0.645. The molecule has 110 valence electrons. The molecule has 1 heterocycles. The first kappa shape index (κ1) is 16.6. The number of aliphatic hydroxyl groups is 1. The van der Waals surface area contributed by atoms with Gasteiger partial charge in [0, 0.05) is 24.6 Å². The van der Waals surface area contributed by atoms with Gasteiger partial charge in [0.25, 0.3) is 0 Å². The average Bonchev–Trinajstić information content (AvgIpc) is 2.87. The third-order valence-electron chi connectivity index (χ3n) is 2.46. The Morgan fingerprint density at radius 3 is 2.68 bits per heavy atom. The Bertz CT molecular complexity index is 456. The molecule has 0 aliphatic heterocycles. The molecule has 0 aromatic carbocycles. The van der Waals surface area contributed by atoms with E-state index in [1.54, 1.807) is 6.07 Å². The highest BCUT2D eigenvalue weighted by atomic mass is 32.2. The first-order valence-corrected chi connectivity index (χ1v) is 8.67. The summed E-state index contributed by atoms with van der Waals surface area (Å²) < 4.78 is 31.9. The SMILES string of the molecule is CCCCOCCCNS(=O)(=O)c1ccc(CO)s1. The third-order valence-corrected chi connectivity index (χ3v) is 5.48. The molecule has 0 aliphatic carbocycles. The van der Waals surface area contributed by atoms with Crippen molar-refractivity contribution in [1.82, 2.24) is 4.72 Å². The van der Waals surface area contributed by atoms with Crippen LogP contribution in [0.25, 0.3) is 0 Å². The second-order valence-electron chi connectivity index (χ2n) is 4.10. The van der Waals surface area contributed by atoms with Gasteiger partial charge in [0.1, 0.15) is 4.21 Å². The smallest absolute Gasteiger partial charge is 0.250 e. The molecule has 5 nitrogen and oxygen atoms in total. The van der Waals surface area contributed by atoms with Crippen molar-refractivity contribution >= 4 is 21.4 Å². The number of hydrogen-bond acceptors (Lipinski definition) is 5. The van der Waals surface area contributed by atoms with Crippen LogP contribution >= 0.6 is 11.3 Å². The monoisotopic (exact) mass is 307 g/mol. The van der Waals surface area contributed by atoms with Gasteiger partial charge < -0.3 is 9.84 Å². The van der Waals surface area contributed by atoms with E-state index in [9.17, 15) is 8.42 Å². The van der Waals surface area contributed by atoms with Crippen LogP contribution in [0.5, 0.6) is 0 Å². The van der Waals surface area contributed by atoms with Crippen molar-refractivity contribution in [3.05, 3.63) is 17.0 Å². The average molecular weight is 307 g/mol. The second-order valence-corrected chi connectivity index (χ2v) is 7.26. The summed E-state index contributed by atoms with van der Waals surface area (Å²) >= 11 is 1.08. The molecule has 1 aromatic rings. The number of sulfonamides is 1. The van der Waals surface area contributed by atoms with Gasteiger partial charge in [0.2, 0.25) is 10.0 Å². The molecule has 0 fully saturated rings. The van der Waals surface area contributed by atoms with Crippen LogP contribution in [0.15, 0.2) is 16.3 Å². The van der Waals surface area contributed by atoms with Crippen molar-refractivity contribution < 1.29 is 18.3 Å². The summed E-state index contributed by atoms with van der Waals surface area (Å²) in [7, 11) is -3.45. The molecule has 0 radical (unpaired) electrons. The molecule has 0 unspecified atom stereocenters. The lowest BCUT2D eigenvalue weighted by Crippen LogP contribution is -2.24. The van der Waals surface area contributed by atoms with Crippen molar-refractivity contribution in [2.75, 3.05) is 19.8 Å². The van der Waals surface area contributed by atoms with E-state index in [1.807, 2.05) is 0 Å². The van der Waals surface area contributed by atoms with Crippen molar-refractivity contribution in [3.63, 3.8) is 0 Å². The summed E-state index contributed by atoms with van der Waals surface area (Å²) in [5.74, 6) is 0. The van der Waals surface area contributed by atoms with Gasteiger partial charge in [0.05, 0.1) is 6.61 Å². The van der Waals surface area contributed by atoms with Crippen molar-refractivity contribution in [3.8, 4) is 0 Å². The Kier molecular flexibility index (Phi) is 7.55. The minimum Gasteiger partial charge on any atom is -0.391 e. The Morgan fingerprint density at radius 1 is 1.32 bits per heavy atom. The second kappa shape index (κ2) is 8.65.